The van der Waals surface area contributed by atoms with Gasteiger partial charge in [0.25, 0.3) is 0 Å². The maximum Gasteiger partial charge on any atom is 0.227 e. The highest BCUT2D eigenvalue weighted by Crippen LogP contribution is 2.37. The van der Waals surface area contributed by atoms with Crippen LogP contribution in [0.5, 0.6) is 0 Å². The second-order valence-electron chi connectivity index (χ2n) is 4.96. The number of benzene rings is 1. The van der Waals surface area contributed by atoms with Gasteiger partial charge in [0, 0.05) is 24.0 Å². The van der Waals surface area contributed by atoms with Gasteiger partial charge in [0.05, 0.1) is 0 Å². The molecule has 0 amide bonds. The molecule has 1 aromatic carbocycles. The molecule has 0 bridgehead atoms. The molecule has 1 saturated carbocycles. The van der Waals surface area contributed by atoms with Gasteiger partial charge in [-0.3, -0.25) is 0 Å². The summed E-state index contributed by atoms with van der Waals surface area (Å²) in [7, 11) is 0. The van der Waals surface area contributed by atoms with Gasteiger partial charge in [-0.2, -0.15) is 4.98 Å². The third kappa shape index (κ3) is 3.14. The van der Waals surface area contributed by atoms with Crippen LogP contribution >= 0.6 is 11.6 Å². The molecule has 0 unspecified atom stereocenters. The van der Waals surface area contributed by atoms with Crippen LogP contribution < -0.4 is 5.32 Å². The number of hydrogen-bond acceptors (Lipinski definition) is 4. The fourth-order valence-corrected chi connectivity index (χ4v) is 2.61. The second-order valence-corrected chi connectivity index (χ2v) is 5.39. The first-order valence-corrected chi connectivity index (χ1v) is 6.93. The van der Waals surface area contributed by atoms with Gasteiger partial charge in [0.1, 0.15) is 0 Å². The minimum Gasteiger partial charge on any atom is -0.340 e. The van der Waals surface area contributed by atoms with Crippen molar-refractivity contribution >= 4 is 11.6 Å². The van der Waals surface area contributed by atoms with Crippen molar-refractivity contribution in [3.8, 4) is 0 Å². The van der Waals surface area contributed by atoms with E-state index in [1.807, 2.05) is 12.1 Å². The topological polar surface area (TPSA) is 51.0 Å². The highest BCUT2D eigenvalue weighted by atomic mass is 35.5. The zero-order valence-electron chi connectivity index (χ0n) is 10.6. The summed E-state index contributed by atoms with van der Waals surface area (Å²) in [6.45, 7) is 0.889. The van der Waals surface area contributed by atoms with Gasteiger partial charge in [-0.15, -0.1) is 0 Å². The molecule has 1 N–H and O–H groups in total. The first-order chi connectivity index (χ1) is 9.31. The van der Waals surface area contributed by atoms with Crippen LogP contribution in [0.1, 0.15) is 30.2 Å². The Balaban J connectivity index is 1.39. The first-order valence-electron chi connectivity index (χ1n) is 6.55. The van der Waals surface area contributed by atoms with Crippen LogP contribution in [-0.4, -0.2) is 22.7 Å². The Bertz CT molecular complexity index is 506. The third-order valence-electron chi connectivity index (χ3n) is 3.66. The number of hydrogen-bond donors (Lipinski definition) is 1. The fourth-order valence-electron chi connectivity index (χ4n) is 2.48. The molecule has 5 heteroatoms. The molecule has 1 heterocycles. The Labute approximate surface area is 117 Å². The number of nitrogens with zero attached hydrogens (tertiary/aromatic N) is 2. The standard InChI is InChI=1S/C14H16ClN3O/c15-12-3-1-10(2-4-12)11-7-13(8-11)16-6-5-14-17-9-18-19-14/h1-4,9,11,13,16H,5-8H2. The summed E-state index contributed by atoms with van der Waals surface area (Å²) in [6, 6.07) is 8.78. The lowest BCUT2D eigenvalue weighted by atomic mass is 9.76. The van der Waals surface area contributed by atoms with E-state index >= 15 is 0 Å². The summed E-state index contributed by atoms with van der Waals surface area (Å²) >= 11 is 5.89. The smallest absolute Gasteiger partial charge is 0.227 e. The van der Waals surface area contributed by atoms with Gasteiger partial charge in [0.2, 0.25) is 5.89 Å². The second kappa shape index (κ2) is 5.72. The van der Waals surface area contributed by atoms with Gasteiger partial charge in [-0.25, -0.2) is 0 Å². The highest BCUT2D eigenvalue weighted by molar-refractivity contribution is 6.30. The predicted molar refractivity (Wildman–Crippen MR) is 73.2 cm³/mol. The van der Waals surface area contributed by atoms with Crippen LogP contribution in [0.25, 0.3) is 0 Å². The van der Waals surface area contributed by atoms with Crippen molar-refractivity contribution < 1.29 is 4.52 Å². The van der Waals surface area contributed by atoms with E-state index in [-0.39, 0.29) is 0 Å². The molecule has 2 aromatic rings. The monoisotopic (exact) mass is 277 g/mol. The molecule has 1 aliphatic rings. The summed E-state index contributed by atoms with van der Waals surface area (Å²) in [6.07, 6.45) is 4.61. The molecule has 1 aromatic heterocycles. The van der Waals surface area contributed by atoms with Gasteiger partial charge in [-0.05, 0) is 36.5 Å². The molecule has 0 atom stereocenters. The minimum absolute atomic E-state index is 0.601. The molecule has 1 aliphatic carbocycles. The average molecular weight is 278 g/mol. The Hall–Kier alpha value is -1.39. The highest BCUT2D eigenvalue weighted by Gasteiger charge is 2.29. The van der Waals surface area contributed by atoms with E-state index in [2.05, 4.69) is 27.6 Å². The normalized spacial score (nSPS) is 22.2. The maximum atomic E-state index is 5.89. The SMILES string of the molecule is Clc1ccc(C2CC(NCCc3ncno3)C2)cc1. The van der Waals surface area contributed by atoms with Crippen LogP contribution in [0.2, 0.25) is 5.02 Å². The van der Waals surface area contributed by atoms with Crippen molar-refractivity contribution in [2.24, 2.45) is 0 Å². The van der Waals surface area contributed by atoms with Crippen LogP contribution in [0.15, 0.2) is 35.1 Å². The van der Waals surface area contributed by atoms with Gasteiger partial charge in [0.15, 0.2) is 6.33 Å². The first kappa shape index (κ1) is 12.6. The largest absolute Gasteiger partial charge is 0.340 e. The third-order valence-corrected chi connectivity index (χ3v) is 3.91. The Morgan fingerprint density at radius 3 is 2.74 bits per heavy atom. The van der Waals surface area contributed by atoms with E-state index in [0.29, 0.717) is 17.9 Å². The Morgan fingerprint density at radius 1 is 1.26 bits per heavy atom. The molecule has 19 heavy (non-hydrogen) atoms. The average Bonchev–Trinajstić information content (AvgIpc) is 2.87. The minimum atomic E-state index is 0.601. The summed E-state index contributed by atoms with van der Waals surface area (Å²) < 4.78 is 4.95. The fraction of sp³-hybridized carbons (Fsp3) is 0.429. The molecule has 0 spiro atoms. The van der Waals surface area contributed by atoms with E-state index in [0.717, 1.165) is 18.0 Å². The van der Waals surface area contributed by atoms with Crippen molar-refractivity contribution in [2.75, 3.05) is 6.54 Å². The van der Waals surface area contributed by atoms with E-state index in [4.69, 9.17) is 16.1 Å². The van der Waals surface area contributed by atoms with Crippen molar-refractivity contribution in [3.05, 3.63) is 47.1 Å². The number of nitrogens with one attached hydrogen (secondary N) is 1. The van der Waals surface area contributed by atoms with E-state index in [1.165, 1.54) is 24.7 Å². The van der Waals surface area contributed by atoms with Crippen LogP contribution in [-0.2, 0) is 6.42 Å². The lowest BCUT2D eigenvalue weighted by Crippen LogP contribution is -2.40. The van der Waals surface area contributed by atoms with Crippen LogP contribution in [0.4, 0.5) is 0 Å². The molecule has 0 aliphatic heterocycles. The van der Waals surface area contributed by atoms with Gasteiger partial charge in [-0.1, -0.05) is 28.9 Å². The molecule has 3 rings (SSSR count). The summed E-state index contributed by atoms with van der Waals surface area (Å²) in [5.74, 6) is 1.36. The number of halogens is 1. The van der Waals surface area contributed by atoms with Gasteiger partial charge >= 0.3 is 0 Å². The van der Waals surface area contributed by atoms with Crippen molar-refractivity contribution in [2.45, 2.75) is 31.2 Å². The Kier molecular flexibility index (Phi) is 3.80. The van der Waals surface area contributed by atoms with Crippen molar-refractivity contribution in [1.82, 2.24) is 15.5 Å². The number of aromatic nitrogens is 2. The summed E-state index contributed by atoms with van der Waals surface area (Å²) in [4.78, 5) is 4.00. The maximum absolute atomic E-state index is 5.89. The van der Waals surface area contributed by atoms with E-state index in [1.54, 1.807) is 0 Å². The summed E-state index contributed by atoms with van der Waals surface area (Å²) in [5, 5.41) is 7.91. The van der Waals surface area contributed by atoms with Crippen molar-refractivity contribution in [1.29, 1.82) is 0 Å². The molecular formula is C14H16ClN3O. The zero-order valence-corrected chi connectivity index (χ0v) is 11.3. The van der Waals surface area contributed by atoms with Gasteiger partial charge < -0.3 is 9.84 Å². The number of rotatable bonds is 5. The molecular weight excluding hydrogens is 262 g/mol. The quantitative estimate of drug-likeness (QED) is 0.913. The summed E-state index contributed by atoms with van der Waals surface area (Å²) in [5.41, 5.74) is 1.39. The van der Waals surface area contributed by atoms with Crippen LogP contribution in [0, 0.1) is 0 Å². The lowest BCUT2D eigenvalue weighted by molar-refractivity contribution is 0.287. The molecule has 4 nitrogen and oxygen atoms in total. The molecule has 1 fully saturated rings. The molecule has 0 radical (unpaired) electrons. The Morgan fingerprint density at radius 2 is 2.05 bits per heavy atom. The zero-order chi connectivity index (χ0) is 13.1. The van der Waals surface area contributed by atoms with E-state index < -0.39 is 0 Å². The lowest BCUT2D eigenvalue weighted by Gasteiger charge is -2.36. The van der Waals surface area contributed by atoms with Crippen molar-refractivity contribution in [3.63, 3.8) is 0 Å². The molecule has 100 valence electrons. The molecule has 0 saturated heterocycles. The van der Waals surface area contributed by atoms with E-state index in [9.17, 15) is 0 Å². The predicted octanol–water partition coefficient (Wildman–Crippen LogP) is 2.80. The van der Waals surface area contributed by atoms with Crippen LogP contribution in [0.3, 0.4) is 0 Å².